The third-order valence-corrected chi connectivity index (χ3v) is 3.34. The molecular formula is C11H19O. The van der Waals surface area contributed by atoms with Crippen LogP contribution in [-0.2, 0) is 4.79 Å². The predicted octanol–water partition coefficient (Wildman–Crippen LogP) is 3.09. The monoisotopic (exact) mass is 167 g/mol. The van der Waals surface area contributed by atoms with E-state index in [9.17, 15) is 4.79 Å². The fourth-order valence-corrected chi connectivity index (χ4v) is 2.16. The van der Waals surface area contributed by atoms with E-state index in [0.29, 0.717) is 0 Å². The number of hydrogen-bond donors (Lipinski definition) is 0. The number of carbonyl (C=O) groups excluding carboxylic acids is 1. The third-order valence-electron chi connectivity index (χ3n) is 3.34. The Morgan fingerprint density at radius 2 is 1.58 bits per heavy atom. The van der Waals surface area contributed by atoms with Crippen molar-refractivity contribution in [3.05, 3.63) is 0 Å². The van der Waals surface area contributed by atoms with Gasteiger partial charge in [-0.15, -0.1) is 0 Å². The lowest BCUT2D eigenvalue weighted by atomic mass is 9.60. The highest BCUT2D eigenvalue weighted by Gasteiger charge is 2.43. The van der Waals surface area contributed by atoms with Gasteiger partial charge in [0.1, 0.15) is 0 Å². The molecule has 1 radical (unpaired) electrons. The molecule has 0 N–H and O–H groups in total. The van der Waals surface area contributed by atoms with Gasteiger partial charge in [-0.25, -0.2) is 0 Å². The van der Waals surface area contributed by atoms with Gasteiger partial charge in [-0.2, -0.15) is 0 Å². The topological polar surface area (TPSA) is 17.1 Å². The van der Waals surface area contributed by atoms with Crippen LogP contribution in [-0.4, -0.2) is 6.29 Å². The van der Waals surface area contributed by atoms with Crippen molar-refractivity contribution in [2.24, 2.45) is 10.8 Å². The Morgan fingerprint density at radius 3 is 1.83 bits per heavy atom. The van der Waals surface area contributed by atoms with E-state index in [1.54, 1.807) is 0 Å². The highest BCUT2D eigenvalue weighted by atomic mass is 16.1. The molecule has 0 spiro atoms. The Bertz CT molecular complexity index is 158. The average molecular weight is 167 g/mol. The number of hydrogen-bond acceptors (Lipinski definition) is 1. The smallest absolute Gasteiger partial charge is 0.205 e. The van der Waals surface area contributed by atoms with E-state index >= 15 is 0 Å². The second-order valence-corrected chi connectivity index (χ2v) is 4.99. The predicted molar refractivity (Wildman–Crippen MR) is 50.7 cm³/mol. The summed E-state index contributed by atoms with van der Waals surface area (Å²) in [5.41, 5.74) is -0.0551. The zero-order valence-corrected chi connectivity index (χ0v) is 8.44. The largest absolute Gasteiger partial charge is 0.290 e. The maximum absolute atomic E-state index is 11.0. The van der Waals surface area contributed by atoms with Gasteiger partial charge in [0.15, 0.2) is 0 Å². The first kappa shape index (κ1) is 9.76. The second-order valence-electron chi connectivity index (χ2n) is 4.99. The van der Waals surface area contributed by atoms with E-state index in [2.05, 4.69) is 27.1 Å². The quantitative estimate of drug-likeness (QED) is 0.586. The van der Waals surface area contributed by atoms with Gasteiger partial charge in [-0.1, -0.05) is 40.0 Å². The van der Waals surface area contributed by atoms with E-state index in [4.69, 9.17) is 0 Å². The summed E-state index contributed by atoms with van der Waals surface area (Å²) in [7, 11) is 0. The van der Waals surface area contributed by atoms with Crippen LogP contribution < -0.4 is 0 Å². The third kappa shape index (κ3) is 1.55. The molecule has 0 bridgehead atoms. The van der Waals surface area contributed by atoms with E-state index in [-0.39, 0.29) is 10.8 Å². The molecule has 0 aromatic heterocycles. The fourth-order valence-electron chi connectivity index (χ4n) is 2.16. The summed E-state index contributed by atoms with van der Waals surface area (Å²) in [4.78, 5) is 11.0. The Kier molecular flexibility index (Phi) is 2.60. The van der Waals surface area contributed by atoms with Crippen molar-refractivity contribution in [2.45, 2.75) is 52.9 Å². The molecule has 1 heteroatoms. The molecule has 0 aliphatic heterocycles. The lowest BCUT2D eigenvalue weighted by molar-refractivity contribution is 0.111. The first-order valence-corrected chi connectivity index (χ1v) is 4.91. The van der Waals surface area contributed by atoms with Crippen LogP contribution in [0.15, 0.2) is 0 Å². The van der Waals surface area contributed by atoms with Crippen molar-refractivity contribution in [1.82, 2.24) is 0 Å². The summed E-state index contributed by atoms with van der Waals surface area (Å²) in [6.45, 7) is 6.47. The SMILES string of the molecule is CC(C)(C)C1([C]=O)CCCCC1. The lowest BCUT2D eigenvalue weighted by Crippen LogP contribution is -2.38. The standard InChI is InChI=1S/C11H19O/c1-10(2,3)11(9-12)7-5-4-6-8-11/h4-8H2,1-3H3. The van der Waals surface area contributed by atoms with E-state index in [1.807, 2.05) is 0 Å². The molecule has 0 atom stereocenters. The minimum atomic E-state index is -0.148. The molecule has 1 nitrogen and oxygen atoms in total. The zero-order chi connectivity index (χ0) is 9.24. The van der Waals surface area contributed by atoms with Gasteiger partial charge in [0.25, 0.3) is 0 Å². The van der Waals surface area contributed by atoms with Crippen molar-refractivity contribution >= 4 is 6.29 Å². The molecule has 69 valence electrons. The van der Waals surface area contributed by atoms with Crippen LogP contribution in [0.5, 0.6) is 0 Å². The Labute approximate surface area is 75.5 Å². The average Bonchev–Trinajstić information content (AvgIpc) is 2.04. The summed E-state index contributed by atoms with van der Waals surface area (Å²) in [6, 6.07) is 0. The molecule has 0 aromatic carbocycles. The maximum Gasteiger partial charge on any atom is 0.205 e. The fraction of sp³-hybridized carbons (Fsp3) is 0.909. The molecule has 1 rings (SSSR count). The van der Waals surface area contributed by atoms with Gasteiger partial charge in [0.2, 0.25) is 6.29 Å². The van der Waals surface area contributed by atoms with E-state index < -0.39 is 0 Å². The van der Waals surface area contributed by atoms with Crippen molar-refractivity contribution in [2.75, 3.05) is 0 Å². The molecular weight excluding hydrogens is 148 g/mol. The van der Waals surface area contributed by atoms with E-state index in [1.165, 1.54) is 19.3 Å². The van der Waals surface area contributed by atoms with Gasteiger partial charge in [0, 0.05) is 5.41 Å². The maximum atomic E-state index is 11.0. The molecule has 1 saturated carbocycles. The summed E-state index contributed by atoms with van der Waals surface area (Å²) >= 11 is 0. The summed E-state index contributed by atoms with van der Waals surface area (Å²) < 4.78 is 0. The molecule has 0 amide bonds. The first-order valence-electron chi connectivity index (χ1n) is 4.91. The highest BCUT2D eigenvalue weighted by Crippen LogP contribution is 2.47. The molecule has 1 fully saturated rings. The van der Waals surface area contributed by atoms with Crippen molar-refractivity contribution < 1.29 is 4.79 Å². The summed E-state index contributed by atoms with van der Waals surface area (Å²) in [5, 5.41) is 0. The molecule has 12 heavy (non-hydrogen) atoms. The van der Waals surface area contributed by atoms with Crippen LogP contribution in [0.1, 0.15) is 52.9 Å². The Hall–Kier alpha value is -0.330. The summed E-state index contributed by atoms with van der Waals surface area (Å²) in [5.74, 6) is 0. The molecule has 0 unspecified atom stereocenters. The first-order chi connectivity index (χ1) is 5.52. The Balaban J connectivity index is 2.80. The van der Waals surface area contributed by atoms with Gasteiger partial charge >= 0.3 is 0 Å². The molecule has 1 aliphatic carbocycles. The van der Waals surface area contributed by atoms with Gasteiger partial charge in [0.05, 0.1) is 0 Å². The van der Waals surface area contributed by atoms with Gasteiger partial charge < -0.3 is 0 Å². The van der Waals surface area contributed by atoms with Crippen molar-refractivity contribution in [3.8, 4) is 0 Å². The van der Waals surface area contributed by atoms with Crippen LogP contribution >= 0.6 is 0 Å². The lowest BCUT2D eigenvalue weighted by Gasteiger charge is -2.42. The molecule has 1 aliphatic rings. The zero-order valence-electron chi connectivity index (χ0n) is 8.44. The molecule has 0 saturated heterocycles. The highest BCUT2D eigenvalue weighted by molar-refractivity contribution is 5.61. The van der Waals surface area contributed by atoms with Crippen LogP contribution in [0.4, 0.5) is 0 Å². The van der Waals surface area contributed by atoms with Crippen molar-refractivity contribution in [3.63, 3.8) is 0 Å². The normalized spacial score (nSPS) is 23.6. The minimum absolute atomic E-state index is 0.0924. The van der Waals surface area contributed by atoms with Crippen LogP contribution in [0.25, 0.3) is 0 Å². The van der Waals surface area contributed by atoms with E-state index in [0.717, 1.165) is 12.8 Å². The molecule has 0 heterocycles. The molecule has 0 aromatic rings. The van der Waals surface area contributed by atoms with Gasteiger partial charge in [-0.3, -0.25) is 4.79 Å². The van der Waals surface area contributed by atoms with Gasteiger partial charge in [-0.05, 0) is 18.3 Å². The number of rotatable bonds is 1. The van der Waals surface area contributed by atoms with Crippen LogP contribution in [0.3, 0.4) is 0 Å². The van der Waals surface area contributed by atoms with Crippen LogP contribution in [0.2, 0.25) is 0 Å². The van der Waals surface area contributed by atoms with Crippen LogP contribution in [0, 0.1) is 10.8 Å². The Morgan fingerprint density at radius 1 is 1.08 bits per heavy atom. The second kappa shape index (κ2) is 3.20. The minimum Gasteiger partial charge on any atom is -0.290 e. The summed E-state index contributed by atoms with van der Waals surface area (Å²) in [6.07, 6.45) is 8.08. The van der Waals surface area contributed by atoms with Crippen molar-refractivity contribution in [1.29, 1.82) is 0 Å².